The van der Waals surface area contributed by atoms with Crippen LogP contribution in [0.1, 0.15) is 24.0 Å². The van der Waals surface area contributed by atoms with E-state index in [0.29, 0.717) is 47.2 Å². The first-order valence-electron chi connectivity index (χ1n) is 9.50. The number of piperidine rings is 1. The van der Waals surface area contributed by atoms with E-state index in [1.165, 1.54) is 28.0 Å². The standard InChI is InChI=1S/C21H17ClF3N3O2S/c1-27-16-10-17(22)31-19(16)18(15(11-26)20(27)29)28-8-6-14(7-9-28)30-13-4-2-12(3-5-13)21(23,24)25/h2-5,10,14H,6-9H2,1H3. The van der Waals surface area contributed by atoms with E-state index < -0.39 is 11.7 Å². The number of aromatic nitrogens is 1. The average Bonchev–Trinajstić information content (AvgIpc) is 3.12. The van der Waals surface area contributed by atoms with Crippen molar-refractivity contribution in [3.8, 4) is 11.8 Å². The monoisotopic (exact) mass is 467 g/mol. The summed E-state index contributed by atoms with van der Waals surface area (Å²) in [5.74, 6) is 0.380. The van der Waals surface area contributed by atoms with Crippen molar-refractivity contribution in [3.63, 3.8) is 0 Å². The number of nitrogens with zero attached hydrogens (tertiary/aromatic N) is 3. The molecule has 10 heteroatoms. The second-order valence-electron chi connectivity index (χ2n) is 7.29. The molecule has 3 heterocycles. The van der Waals surface area contributed by atoms with Gasteiger partial charge < -0.3 is 14.2 Å². The third-order valence-corrected chi connectivity index (χ3v) is 6.63. The predicted molar refractivity (Wildman–Crippen MR) is 114 cm³/mol. The molecule has 0 amide bonds. The lowest BCUT2D eigenvalue weighted by Gasteiger charge is -2.34. The van der Waals surface area contributed by atoms with Crippen LogP contribution in [0.25, 0.3) is 10.2 Å². The molecule has 0 saturated carbocycles. The molecule has 4 rings (SSSR count). The fraction of sp³-hybridized carbons (Fsp3) is 0.333. The largest absolute Gasteiger partial charge is 0.490 e. The van der Waals surface area contributed by atoms with Crippen molar-refractivity contribution in [1.82, 2.24) is 4.57 Å². The molecule has 5 nitrogen and oxygen atoms in total. The molecule has 1 saturated heterocycles. The van der Waals surface area contributed by atoms with Gasteiger partial charge in [-0.1, -0.05) is 11.6 Å². The zero-order chi connectivity index (χ0) is 22.3. The number of aryl methyl sites for hydroxylation is 1. The molecule has 0 atom stereocenters. The highest BCUT2D eigenvalue weighted by molar-refractivity contribution is 7.23. The van der Waals surface area contributed by atoms with Gasteiger partial charge in [-0.3, -0.25) is 4.79 Å². The van der Waals surface area contributed by atoms with Gasteiger partial charge in [0.15, 0.2) is 0 Å². The van der Waals surface area contributed by atoms with Crippen molar-refractivity contribution in [3.05, 3.63) is 56.1 Å². The second-order valence-corrected chi connectivity index (χ2v) is 8.97. The maximum Gasteiger partial charge on any atom is 0.416 e. The Kier molecular flexibility index (Phi) is 5.62. The summed E-state index contributed by atoms with van der Waals surface area (Å²) in [6, 6.07) is 8.40. The molecule has 0 unspecified atom stereocenters. The Hall–Kier alpha value is -2.70. The Morgan fingerprint density at radius 2 is 1.87 bits per heavy atom. The van der Waals surface area contributed by atoms with Gasteiger partial charge in [0.05, 0.1) is 25.8 Å². The highest BCUT2D eigenvalue weighted by Gasteiger charge is 2.31. The van der Waals surface area contributed by atoms with Gasteiger partial charge in [-0.25, -0.2) is 0 Å². The maximum atomic E-state index is 12.7. The van der Waals surface area contributed by atoms with Gasteiger partial charge in [0, 0.05) is 33.0 Å². The van der Waals surface area contributed by atoms with Crippen LogP contribution in [0.3, 0.4) is 0 Å². The van der Waals surface area contributed by atoms with Gasteiger partial charge in [0.25, 0.3) is 5.56 Å². The smallest absolute Gasteiger partial charge is 0.416 e. The Balaban J connectivity index is 1.53. The molecule has 1 aromatic carbocycles. The molecule has 0 spiro atoms. The molecule has 1 fully saturated rings. The topological polar surface area (TPSA) is 58.3 Å². The van der Waals surface area contributed by atoms with Crippen LogP contribution in [0, 0.1) is 11.3 Å². The fourth-order valence-corrected chi connectivity index (χ4v) is 5.11. The minimum atomic E-state index is -4.38. The molecule has 2 aromatic heterocycles. The number of hydrogen-bond donors (Lipinski definition) is 0. The number of halogens is 4. The van der Waals surface area contributed by atoms with Gasteiger partial charge in [-0.05, 0) is 30.3 Å². The SMILES string of the molecule is Cn1c(=O)c(C#N)c(N2CCC(Oc3ccc(C(F)(F)F)cc3)CC2)c2sc(Cl)cc21. The minimum Gasteiger partial charge on any atom is -0.490 e. The van der Waals surface area contributed by atoms with Gasteiger partial charge in [-0.2, -0.15) is 18.4 Å². The number of benzene rings is 1. The molecule has 0 aliphatic carbocycles. The van der Waals surface area contributed by atoms with Crippen molar-refractivity contribution in [1.29, 1.82) is 5.26 Å². The maximum absolute atomic E-state index is 12.7. The Bertz CT molecular complexity index is 1220. The molecule has 31 heavy (non-hydrogen) atoms. The van der Waals surface area contributed by atoms with Crippen LogP contribution in [-0.4, -0.2) is 23.8 Å². The highest BCUT2D eigenvalue weighted by atomic mass is 35.5. The summed E-state index contributed by atoms with van der Waals surface area (Å²) < 4.78 is 46.7. The van der Waals surface area contributed by atoms with E-state index in [4.69, 9.17) is 16.3 Å². The number of hydrogen-bond acceptors (Lipinski definition) is 5. The fourth-order valence-electron chi connectivity index (χ4n) is 3.78. The van der Waals surface area contributed by atoms with Gasteiger partial charge in [-0.15, -0.1) is 11.3 Å². The number of rotatable bonds is 3. The number of alkyl halides is 3. The van der Waals surface area contributed by atoms with Crippen molar-refractivity contribution in [2.75, 3.05) is 18.0 Å². The highest BCUT2D eigenvalue weighted by Crippen LogP contribution is 2.38. The van der Waals surface area contributed by atoms with E-state index in [2.05, 4.69) is 0 Å². The number of thiophene rings is 1. The van der Waals surface area contributed by atoms with Crippen LogP contribution >= 0.6 is 22.9 Å². The van der Waals surface area contributed by atoms with Gasteiger partial charge in [0.1, 0.15) is 23.5 Å². The molecule has 3 aromatic rings. The first kappa shape index (κ1) is 21.5. The van der Waals surface area contributed by atoms with E-state index >= 15 is 0 Å². The number of pyridine rings is 1. The molecular weight excluding hydrogens is 451 g/mol. The lowest BCUT2D eigenvalue weighted by atomic mass is 10.1. The normalized spacial score (nSPS) is 15.3. The molecular formula is C21H17ClF3N3O2S. The zero-order valence-electron chi connectivity index (χ0n) is 16.4. The summed E-state index contributed by atoms with van der Waals surface area (Å²) in [4.78, 5) is 14.6. The minimum absolute atomic E-state index is 0.0793. The van der Waals surface area contributed by atoms with Crippen LogP contribution in [0.15, 0.2) is 35.1 Å². The number of nitriles is 1. The average molecular weight is 468 g/mol. The number of anilines is 1. The Morgan fingerprint density at radius 1 is 1.23 bits per heavy atom. The van der Waals surface area contributed by atoms with Gasteiger partial charge >= 0.3 is 6.18 Å². The van der Waals surface area contributed by atoms with Crippen LogP contribution in [0.5, 0.6) is 5.75 Å². The van der Waals surface area contributed by atoms with Crippen LogP contribution in [0.4, 0.5) is 18.9 Å². The van der Waals surface area contributed by atoms with E-state index in [0.717, 1.165) is 16.8 Å². The van der Waals surface area contributed by atoms with E-state index in [9.17, 15) is 23.2 Å². The summed E-state index contributed by atoms with van der Waals surface area (Å²) in [6.45, 7) is 1.08. The van der Waals surface area contributed by atoms with Crippen molar-refractivity contribution in [2.24, 2.45) is 7.05 Å². The summed E-state index contributed by atoms with van der Waals surface area (Å²) in [7, 11) is 1.61. The predicted octanol–water partition coefficient (Wildman–Crippen LogP) is 5.19. The summed E-state index contributed by atoms with van der Waals surface area (Å²) in [5.41, 5.74) is 0.254. The first-order chi connectivity index (χ1) is 14.7. The van der Waals surface area contributed by atoms with E-state index in [-0.39, 0.29) is 17.2 Å². The molecule has 1 aliphatic rings. The molecule has 0 N–H and O–H groups in total. The second kappa shape index (κ2) is 8.09. The van der Waals surface area contributed by atoms with Crippen LogP contribution in [-0.2, 0) is 13.2 Å². The van der Waals surface area contributed by atoms with Crippen molar-refractivity contribution < 1.29 is 17.9 Å². The zero-order valence-corrected chi connectivity index (χ0v) is 17.9. The Labute approximate surface area is 184 Å². The summed E-state index contributed by atoms with van der Waals surface area (Å²) in [6.07, 6.45) is -3.36. The molecule has 162 valence electrons. The molecule has 1 aliphatic heterocycles. The van der Waals surface area contributed by atoms with Gasteiger partial charge in [0.2, 0.25) is 0 Å². The summed E-state index contributed by atoms with van der Waals surface area (Å²) in [5, 5.41) is 9.62. The number of ether oxygens (including phenoxy) is 1. The Morgan fingerprint density at radius 3 is 2.45 bits per heavy atom. The number of fused-ring (bicyclic) bond motifs is 1. The first-order valence-corrected chi connectivity index (χ1v) is 10.7. The van der Waals surface area contributed by atoms with Crippen LogP contribution < -0.4 is 15.2 Å². The lowest BCUT2D eigenvalue weighted by Crippen LogP contribution is -2.39. The third-order valence-electron chi connectivity index (χ3n) is 5.37. The quantitative estimate of drug-likeness (QED) is 0.532. The lowest BCUT2D eigenvalue weighted by molar-refractivity contribution is -0.137. The van der Waals surface area contributed by atoms with E-state index in [1.54, 1.807) is 13.1 Å². The van der Waals surface area contributed by atoms with Crippen molar-refractivity contribution in [2.45, 2.75) is 25.1 Å². The van der Waals surface area contributed by atoms with Crippen molar-refractivity contribution >= 4 is 38.8 Å². The molecule has 0 bridgehead atoms. The molecule has 0 radical (unpaired) electrons. The van der Waals surface area contributed by atoms with Crippen LogP contribution in [0.2, 0.25) is 4.34 Å². The third kappa shape index (κ3) is 4.10. The summed E-state index contributed by atoms with van der Waals surface area (Å²) >= 11 is 7.50. The van der Waals surface area contributed by atoms with E-state index in [1.807, 2.05) is 11.0 Å².